The number of amides is 1. The summed E-state index contributed by atoms with van der Waals surface area (Å²) in [7, 11) is -1.94. The van der Waals surface area contributed by atoms with Crippen molar-refractivity contribution in [2.45, 2.75) is 6.54 Å². The third-order valence-corrected chi connectivity index (χ3v) is 6.74. The Morgan fingerprint density at radius 2 is 1.71 bits per heavy atom. The fourth-order valence-corrected chi connectivity index (χ4v) is 4.49. The minimum atomic E-state index is -3.48. The Kier molecular flexibility index (Phi) is 10.6. The molecule has 1 saturated heterocycles. The Balaban J connectivity index is 0.000000641. The lowest BCUT2D eigenvalue weighted by Crippen LogP contribution is -2.44. The topological polar surface area (TPSA) is 164 Å². The maximum Gasteiger partial charge on any atom is 0.414 e. The number of carboxylic acids is 2. The Morgan fingerprint density at radius 1 is 1.09 bits per heavy atom. The van der Waals surface area contributed by atoms with Crippen LogP contribution < -0.4 is 4.74 Å². The van der Waals surface area contributed by atoms with Gasteiger partial charge >= 0.3 is 11.9 Å². The highest BCUT2D eigenvalue weighted by molar-refractivity contribution is 7.89. The molecule has 2 aromatic rings. The lowest BCUT2D eigenvalue weighted by atomic mass is 10.1. The first-order valence-corrected chi connectivity index (χ1v) is 12.1. The van der Waals surface area contributed by atoms with Crippen LogP contribution in [-0.2, 0) is 30.9 Å². The third-order valence-electron chi connectivity index (χ3n) is 4.89. The van der Waals surface area contributed by atoms with Gasteiger partial charge in [-0.25, -0.2) is 18.0 Å². The number of aliphatic carboxylic acids is 2. The number of methoxy groups -OCH3 is 1. The number of aromatic nitrogens is 1. The molecule has 0 saturated carbocycles. The van der Waals surface area contributed by atoms with Gasteiger partial charge in [0.2, 0.25) is 10.0 Å². The standard InChI is InChI=1S/C20H25N3O5S.C2H2O4/c1-27-19-4-2-3-18(15-19)20(24)22(16-17-5-7-21-8-6-17)11-14-29(25,26)23-9-12-28-13-10-23;3-1(4)2(5)6/h2-8,15H,9-14,16H2,1H3;(H,3,4)(H,5,6). The second kappa shape index (κ2) is 13.4. The van der Waals surface area contributed by atoms with Gasteiger partial charge in [-0.15, -0.1) is 0 Å². The predicted octanol–water partition coefficient (Wildman–Crippen LogP) is 0.550. The van der Waals surface area contributed by atoms with Gasteiger partial charge in [0.05, 0.1) is 26.1 Å². The summed E-state index contributed by atoms with van der Waals surface area (Å²) < 4.78 is 37.3. The fourth-order valence-electron chi connectivity index (χ4n) is 3.08. The van der Waals surface area contributed by atoms with Crippen molar-refractivity contribution >= 4 is 27.9 Å². The monoisotopic (exact) mass is 509 g/mol. The Hall–Kier alpha value is -3.55. The van der Waals surface area contributed by atoms with Crippen LogP contribution in [0.5, 0.6) is 5.75 Å². The maximum atomic E-state index is 13.1. The third kappa shape index (κ3) is 8.96. The molecular formula is C22H27N3O9S. The first kappa shape index (κ1) is 27.7. The molecule has 35 heavy (non-hydrogen) atoms. The van der Waals surface area contributed by atoms with Gasteiger partial charge in [0.1, 0.15) is 5.75 Å². The van der Waals surface area contributed by atoms with Gasteiger partial charge in [-0.3, -0.25) is 9.78 Å². The summed E-state index contributed by atoms with van der Waals surface area (Å²) in [5, 5.41) is 14.8. The highest BCUT2D eigenvalue weighted by Crippen LogP contribution is 2.17. The minimum absolute atomic E-state index is 0.0814. The van der Waals surface area contributed by atoms with Crippen molar-refractivity contribution in [3.63, 3.8) is 0 Å². The summed E-state index contributed by atoms with van der Waals surface area (Å²) in [5.41, 5.74) is 1.32. The van der Waals surface area contributed by atoms with Gasteiger partial charge in [-0.1, -0.05) is 6.07 Å². The van der Waals surface area contributed by atoms with E-state index in [0.29, 0.717) is 37.6 Å². The molecule has 3 rings (SSSR count). The molecule has 13 heteroatoms. The van der Waals surface area contributed by atoms with E-state index in [1.165, 1.54) is 11.4 Å². The highest BCUT2D eigenvalue weighted by Gasteiger charge is 2.26. The summed E-state index contributed by atoms with van der Waals surface area (Å²) in [4.78, 5) is 36.9. The van der Waals surface area contributed by atoms with Crippen molar-refractivity contribution in [1.29, 1.82) is 0 Å². The van der Waals surface area contributed by atoms with Crippen LogP contribution in [0.4, 0.5) is 0 Å². The number of pyridine rings is 1. The molecule has 1 aliphatic rings. The van der Waals surface area contributed by atoms with Gasteiger partial charge in [-0.2, -0.15) is 4.31 Å². The molecule has 12 nitrogen and oxygen atoms in total. The number of carbonyl (C=O) groups excluding carboxylic acids is 1. The lowest BCUT2D eigenvalue weighted by Gasteiger charge is -2.28. The van der Waals surface area contributed by atoms with Crippen LogP contribution in [-0.4, -0.2) is 96.4 Å². The number of hydrogen-bond donors (Lipinski definition) is 2. The van der Waals surface area contributed by atoms with E-state index in [2.05, 4.69) is 4.98 Å². The van der Waals surface area contributed by atoms with Crippen LogP contribution in [0.25, 0.3) is 0 Å². The highest BCUT2D eigenvalue weighted by atomic mass is 32.2. The summed E-state index contributed by atoms with van der Waals surface area (Å²) in [6.45, 7) is 1.84. The SMILES string of the molecule is COc1cccc(C(=O)N(CCS(=O)(=O)N2CCOCC2)Cc2ccncc2)c1.O=C(O)C(=O)O. The summed E-state index contributed by atoms with van der Waals surface area (Å²) in [6, 6.07) is 10.5. The number of hydrogen-bond acceptors (Lipinski definition) is 8. The number of carbonyl (C=O) groups is 3. The molecule has 0 bridgehead atoms. The molecule has 1 aromatic heterocycles. The minimum Gasteiger partial charge on any atom is -0.497 e. The summed E-state index contributed by atoms with van der Waals surface area (Å²) in [5.74, 6) is -3.48. The second-order valence-corrected chi connectivity index (χ2v) is 9.34. The van der Waals surface area contributed by atoms with Crippen LogP contribution in [0.1, 0.15) is 15.9 Å². The average Bonchev–Trinajstić information content (AvgIpc) is 2.87. The number of carboxylic acid groups (broad SMARTS) is 2. The molecular weight excluding hydrogens is 482 g/mol. The van der Waals surface area contributed by atoms with E-state index in [0.717, 1.165) is 5.56 Å². The average molecular weight is 510 g/mol. The van der Waals surface area contributed by atoms with Gasteiger partial charge in [0.25, 0.3) is 5.91 Å². The first-order valence-electron chi connectivity index (χ1n) is 10.5. The van der Waals surface area contributed by atoms with Crippen molar-refractivity contribution in [2.24, 2.45) is 0 Å². The molecule has 0 atom stereocenters. The maximum absolute atomic E-state index is 13.1. The van der Waals surface area contributed by atoms with Gasteiger partial charge < -0.3 is 24.6 Å². The smallest absolute Gasteiger partial charge is 0.414 e. The molecule has 0 spiro atoms. The number of nitrogens with zero attached hydrogens (tertiary/aromatic N) is 3. The molecule has 2 heterocycles. The fraction of sp³-hybridized carbons (Fsp3) is 0.364. The van der Waals surface area contributed by atoms with E-state index in [1.807, 2.05) is 12.1 Å². The number of rotatable bonds is 8. The normalized spacial score (nSPS) is 13.7. The van der Waals surface area contributed by atoms with E-state index in [4.69, 9.17) is 29.3 Å². The molecule has 1 fully saturated rings. The van der Waals surface area contributed by atoms with Gasteiger partial charge in [0, 0.05) is 44.1 Å². The molecule has 0 unspecified atom stereocenters. The van der Waals surface area contributed by atoms with E-state index in [9.17, 15) is 13.2 Å². The molecule has 0 radical (unpaired) electrons. The van der Waals surface area contributed by atoms with Gasteiger partial charge in [0.15, 0.2) is 0 Å². The van der Waals surface area contributed by atoms with E-state index < -0.39 is 22.0 Å². The van der Waals surface area contributed by atoms with Crippen molar-refractivity contribution in [1.82, 2.24) is 14.2 Å². The lowest BCUT2D eigenvalue weighted by molar-refractivity contribution is -0.159. The quantitative estimate of drug-likeness (QED) is 0.480. The Labute approximate surface area is 202 Å². The Morgan fingerprint density at radius 3 is 2.29 bits per heavy atom. The van der Waals surface area contributed by atoms with Crippen LogP contribution in [0.3, 0.4) is 0 Å². The van der Waals surface area contributed by atoms with E-state index in [1.54, 1.807) is 41.6 Å². The van der Waals surface area contributed by atoms with Crippen LogP contribution >= 0.6 is 0 Å². The van der Waals surface area contributed by atoms with Crippen molar-refractivity contribution in [3.8, 4) is 5.75 Å². The zero-order valence-electron chi connectivity index (χ0n) is 19.1. The zero-order chi connectivity index (χ0) is 25.8. The number of morpholine rings is 1. The molecule has 1 amide bonds. The number of sulfonamides is 1. The van der Waals surface area contributed by atoms with Crippen molar-refractivity contribution in [2.75, 3.05) is 45.7 Å². The summed E-state index contributed by atoms with van der Waals surface area (Å²) in [6.07, 6.45) is 3.29. The van der Waals surface area contributed by atoms with E-state index in [-0.39, 0.29) is 24.7 Å². The first-order chi connectivity index (χ1) is 16.6. The van der Waals surface area contributed by atoms with Crippen LogP contribution in [0, 0.1) is 0 Å². The zero-order valence-corrected chi connectivity index (χ0v) is 19.9. The van der Waals surface area contributed by atoms with Crippen LogP contribution in [0.2, 0.25) is 0 Å². The number of ether oxygens (including phenoxy) is 2. The predicted molar refractivity (Wildman–Crippen MR) is 123 cm³/mol. The number of benzene rings is 1. The van der Waals surface area contributed by atoms with Gasteiger partial charge in [-0.05, 0) is 35.9 Å². The second-order valence-electron chi connectivity index (χ2n) is 7.25. The van der Waals surface area contributed by atoms with E-state index >= 15 is 0 Å². The molecule has 2 N–H and O–H groups in total. The van der Waals surface area contributed by atoms with Crippen molar-refractivity contribution in [3.05, 3.63) is 59.9 Å². The Bertz CT molecular complexity index is 1090. The van der Waals surface area contributed by atoms with Crippen molar-refractivity contribution < 1.29 is 42.5 Å². The molecule has 1 aliphatic heterocycles. The molecule has 190 valence electrons. The molecule has 1 aromatic carbocycles. The van der Waals surface area contributed by atoms with Crippen LogP contribution in [0.15, 0.2) is 48.8 Å². The summed E-state index contributed by atoms with van der Waals surface area (Å²) >= 11 is 0. The molecule has 0 aliphatic carbocycles. The largest absolute Gasteiger partial charge is 0.497 e.